The van der Waals surface area contributed by atoms with Crippen LogP contribution < -0.4 is 0 Å². The van der Waals surface area contributed by atoms with Crippen LogP contribution in [0, 0.1) is 0 Å². The number of rotatable bonds is 3. The second kappa shape index (κ2) is 3.37. The van der Waals surface area contributed by atoms with E-state index in [1.165, 1.54) is 0 Å². The van der Waals surface area contributed by atoms with Crippen LogP contribution in [0.1, 0.15) is 0 Å². The monoisotopic (exact) mass is 193 g/mol. The molecule has 4 nitrogen and oxygen atoms in total. The molecule has 0 N–H and O–H groups in total. The quantitative estimate of drug-likeness (QED) is 0.595. The minimum atomic E-state index is -4.88. The Bertz CT molecular complexity index is 205. The molecular formula is C3H4F3O4S-. The van der Waals surface area contributed by atoms with Gasteiger partial charge >= 0.3 is 6.36 Å². The molecule has 0 aromatic rings. The predicted octanol–water partition coefficient (Wildman–Crippen LogP) is 0.0680. The van der Waals surface area contributed by atoms with E-state index in [1.807, 2.05) is 0 Å². The zero-order valence-electron chi connectivity index (χ0n) is 5.09. The summed E-state index contributed by atoms with van der Waals surface area (Å²) in [6.45, 7) is -1.16. The second-order valence-corrected chi connectivity index (χ2v) is 3.08. The Kier molecular flexibility index (Phi) is 3.27. The minimum absolute atomic E-state index is 1.16. The molecule has 0 rings (SSSR count). The third-order valence-corrected chi connectivity index (χ3v) is 1.27. The van der Waals surface area contributed by atoms with E-state index in [0.717, 1.165) is 0 Å². The fourth-order valence-electron chi connectivity index (χ4n) is 0.259. The third-order valence-electron chi connectivity index (χ3n) is 0.599. The van der Waals surface area contributed by atoms with Crippen LogP contribution in [-0.2, 0) is 14.9 Å². The highest BCUT2D eigenvalue weighted by Gasteiger charge is 2.28. The molecule has 0 atom stereocenters. The standard InChI is InChI=1S/C3H5F3O4S/c4-3(5,6)10-1-2-11(7,8)9/h1-2H2,(H,7,8,9)/p-1. The number of ether oxygens (including phenoxy) is 1. The fourth-order valence-corrected chi connectivity index (χ4v) is 0.547. The second-order valence-electron chi connectivity index (χ2n) is 1.56. The van der Waals surface area contributed by atoms with E-state index < -0.39 is 28.8 Å². The molecule has 0 radical (unpaired) electrons. The van der Waals surface area contributed by atoms with Crippen molar-refractivity contribution in [3.05, 3.63) is 0 Å². The molecule has 68 valence electrons. The lowest BCUT2D eigenvalue weighted by molar-refractivity contribution is -0.322. The van der Waals surface area contributed by atoms with Crippen molar-refractivity contribution in [1.82, 2.24) is 0 Å². The van der Waals surface area contributed by atoms with Crippen LogP contribution >= 0.6 is 0 Å². The van der Waals surface area contributed by atoms with Gasteiger partial charge in [0.05, 0.1) is 22.5 Å². The van der Waals surface area contributed by atoms with Crippen molar-refractivity contribution in [2.24, 2.45) is 0 Å². The van der Waals surface area contributed by atoms with Gasteiger partial charge in [-0.3, -0.25) is 4.74 Å². The summed E-state index contributed by atoms with van der Waals surface area (Å²) in [6.07, 6.45) is -4.88. The minimum Gasteiger partial charge on any atom is -0.748 e. The van der Waals surface area contributed by atoms with Gasteiger partial charge in [0.25, 0.3) is 0 Å². The van der Waals surface area contributed by atoms with Crippen molar-refractivity contribution in [3.8, 4) is 0 Å². The van der Waals surface area contributed by atoms with Gasteiger partial charge in [-0.25, -0.2) is 8.42 Å². The molecule has 8 heteroatoms. The summed E-state index contributed by atoms with van der Waals surface area (Å²) in [5.41, 5.74) is 0. The zero-order valence-corrected chi connectivity index (χ0v) is 5.91. The van der Waals surface area contributed by atoms with Crippen LogP contribution in [0.4, 0.5) is 13.2 Å². The maximum atomic E-state index is 11.1. The van der Waals surface area contributed by atoms with Gasteiger partial charge in [-0.05, 0) is 0 Å². The first-order chi connectivity index (χ1) is 4.71. The summed E-state index contributed by atoms with van der Waals surface area (Å²) in [6, 6.07) is 0. The third kappa shape index (κ3) is 9.66. The van der Waals surface area contributed by atoms with Crippen molar-refractivity contribution in [2.75, 3.05) is 12.4 Å². The van der Waals surface area contributed by atoms with E-state index in [1.54, 1.807) is 0 Å². The summed E-state index contributed by atoms with van der Waals surface area (Å²) < 4.78 is 65.5. The Hall–Kier alpha value is -0.340. The topological polar surface area (TPSA) is 66.4 Å². The first-order valence-corrected chi connectivity index (χ1v) is 3.93. The summed E-state index contributed by atoms with van der Waals surface area (Å²) in [7, 11) is -4.62. The molecule has 0 aromatic carbocycles. The molecule has 0 aromatic heterocycles. The highest BCUT2D eigenvalue weighted by atomic mass is 32.2. The molecule has 0 heterocycles. The van der Waals surface area contributed by atoms with E-state index in [4.69, 9.17) is 0 Å². The van der Waals surface area contributed by atoms with E-state index in [2.05, 4.69) is 4.74 Å². The Balaban J connectivity index is 3.61. The van der Waals surface area contributed by atoms with Crippen LogP contribution in [0.25, 0.3) is 0 Å². The molecule has 0 bridgehead atoms. The Morgan fingerprint density at radius 2 is 1.82 bits per heavy atom. The van der Waals surface area contributed by atoms with Gasteiger partial charge in [0.15, 0.2) is 0 Å². The van der Waals surface area contributed by atoms with Gasteiger partial charge < -0.3 is 4.55 Å². The predicted molar refractivity (Wildman–Crippen MR) is 26.6 cm³/mol. The van der Waals surface area contributed by atoms with Gasteiger partial charge in [0.2, 0.25) is 0 Å². The van der Waals surface area contributed by atoms with E-state index in [0.29, 0.717) is 0 Å². The molecule has 0 aliphatic rings. The van der Waals surface area contributed by atoms with Gasteiger partial charge in [0, 0.05) is 0 Å². The van der Waals surface area contributed by atoms with Crippen LogP contribution in [0.15, 0.2) is 0 Å². The van der Waals surface area contributed by atoms with E-state index in [9.17, 15) is 26.1 Å². The van der Waals surface area contributed by atoms with Crippen molar-refractivity contribution >= 4 is 10.1 Å². The fraction of sp³-hybridized carbons (Fsp3) is 1.00. The van der Waals surface area contributed by atoms with Crippen LogP contribution in [0.3, 0.4) is 0 Å². The Labute approximate surface area is 60.7 Å². The van der Waals surface area contributed by atoms with Gasteiger partial charge in [0.1, 0.15) is 0 Å². The van der Waals surface area contributed by atoms with E-state index in [-0.39, 0.29) is 0 Å². The molecule has 0 aliphatic carbocycles. The van der Waals surface area contributed by atoms with Crippen molar-refractivity contribution in [3.63, 3.8) is 0 Å². The van der Waals surface area contributed by atoms with Crippen molar-refractivity contribution < 1.29 is 30.9 Å². The summed E-state index contributed by atoms with van der Waals surface area (Å²) >= 11 is 0. The van der Waals surface area contributed by atoms with Crippen LogP contribution in [0.2, 0.25) is 0 Å². The lowest BCUT2D eigenvalue weighted by Crippen LogP contribution is -2.19. The molecule has 0 unspecified atom stereocenters. The molecule has 0 amide bonds. The molecule has 0 aliphatic heterocycles. The summed E-state index contributed by atoms with van der Waals surface area (Å²) in [5, 5.41) is 0. The van der Waals surface area contributed by atoms with Crippen molar-refractivity contribution in [2.45, 2.75) is 6.36 Å². The molecule has 0 spiro atoms. The largest absolute Gasteiger partial charge is 0.748 e. The van der Waals surface area contributed by atoms with E-state index >= 15 is 0 Å². The number of hydrogen-bond donors (Lipinski definition) is 0. The summed E-state index contributed by atoms with van der Waals surface area (Å²) in [5.74, 6) is -1.17. The molecular weight excluding hydrogens is 189 g/mol. The maximum absolute atomic E-state index is 11.1. The first kappa shape index (κ1) is 10.7. The molecule has 0 fully saturated rings. The highest BCUT2D eigenvalue weighted by molar-refractivity contribution is 7.85. The maximum Gasteiger partial charge on any atom is 0.522 e. The van der Waals surface area contributed by atoms with Crippen molar-refractivity contribution in [1.29, 1.82) is 0 Å². The first-order valence-electron chi connectivity index (χ1n) is 2.35. The van der Waals surface area contributed by atoms with Gasteiger partial charge in [-0.15, -0.1) is 13.2 Å². The molecule has 11 heavy (non-hydrogen) atoms. The Morgan fingerprint density at radius 3 is 2.09 bits per heavy atom. The zero-order chi connectivity index (χ0) is 9.12. The number of halogens is 3. The average molecular weight is 193 g/mol. The normalized spacial score (nSPS) is 13.5. The molecule has 0 saturated carbocycles. The highest BCUT2D eigenvalue weighted by Crippen LogP contribution is 2.15. The number of alkyl halides is 3. The molecule has 0 saturated heterocycles. The van der Waals surface area contributed by atoms with Crippen LogP contribution in [0.5, 0.6) is 0 Å². The van der Waals surface area contributed by atoms with Gasteiger partial charge in [-0.1, -0.05) is 0 Å². The van der Waals surface area contributed by atoms with Gasteiger partial charge in [-0.2, -0.15) is 0 Å². The average Bonchev–Trinajstić information content (AvgIpc) is 1.55. The Morgan fingerprint density at radius 1 is 1.36 bits per heavy atom. The summed E-state index contributed by atoms with van der Waals surface area (Å²) in [4.78, 5) is 0. The lowest BCUT2D eigenvalue weighted by atomic mass is 10.9. The SMILES string of the molecule is O=S(=O)([O-])CCOC(F)(F)F. The van der Waals surface area contributed by atoms with Crippen LogP contribution in [-0.4, -0.2) is 31.7 Å². The smallest absolute Gasteiger partial charge is 0.522 e. The number of hydrogen-bond acceptors (Lipinski definition) is 4. The lowest BCUT2D eigenvalue weighted by Gasteiger charge is -2.08.